The van der Waals surface area contributed by atoms with Gasteiger partial charge in [0.05, 0.1) is 6.61 Å². The Labute approximate surface area is 217 Å². The van der Waals surface area contributed by atoms with Crippen molar-refractivity contribution in [2.75, 3.05) is 11.9 Å². The molecule has 0 bridgehead atoms. The molecule has 0 radical (unpaired) electrons. The van der Waals surface area contributed by atoms with E-state index in [-0.39, 0.29) is 11.8 Å². The van der Waals surface area contributed by atoms with Gasteiger partial charge in [-0.05, 0) is 82.7 Å². The number of phenols is 1. The van der Waals surface area contributed by atoms with Crippen LogP contribution in [0, 0.1) is 13.8 Å². The monoisotopic (exact) mass is 511 g/mol. The van der Waals surface area contributed by atoms with E-state index in [2.05, 4.69) is 10.6 Å². The molecule has 3 amide bonds. The predicted molar refractivity (Wildman–Crippen MR) is 140 cm³/mol. The highest BCUT2D eigenvalue weighted by atomic mass is 16.6. The van der Waals surface area contributed by atoms with Crippen LogP contribution in [0.25, 0.3) is 0 Å². The number of alkyl carbamates (subject to hydrolysis) is 1. The lowest BCUT2D eigenvalue weighted by Crippen LogP contribution is -2.58. The van der Waals surface area contributed by atoms with E-state index in [9.17, 15) is 24.6 Å². The minimum absolute atomic E-state index is 0.0269. The Bertz CT molecular complexity index is 1100. The zero-order chi connectivity index (χ0) is 27.3. The zero-order valence-electron chi connectivity index (χ0n) is 22.1. The summed E-state index contributed by atoms with van der Waals surface area (Å²) in [5, 5.41) is 25.3. The van der Waals surface area contributed by atoms with Crippen molar-refractivity contribution in [2.24, 2.45) is 0 Å². The SMILES string of the molecule is Cc1cccc(C)c1NC(=O)C(c1ccc(O)cc1)N(C(=O)C(CO)NC(=O)OC(C)(C)C)C1CCC1. The van der Waals surface area contributed by atoms with E-state index < -0.39 is 42.2 Å². The van der Waals surface area contributed by atoms with Crippen molar-refractivity contribution in [1.29, 1.82) is 0 Å². The quantitative estimate of drug-likeness (QED) is 0.425. The Kier molecular flexibility index (Phi) is 8.81. The number of aryl methyl sites for hydroxylation is 2. The summed E-state index contributed by atoms with van der Waals surface area (Å²) in [7, 11) is 0. The largest absolute Gasteiger partial charge is 0.508 e. The lowest BCUT2D eigenvalue weighted by atomic mass is 9.88. The molecule has 4 N–H and O–H groups in total. The van der Waals surface area contributed by atoms with E-state index in [0.717, 1.165) is 17.5 Å². The molecule has 1 aliphatic carbocycles. The second-order valence-corrected chi connectivity index (χ2v) is 10.5. The molecule has 2 aromatic rings. The number of aromatic hydroxyl groups is 1. The van der Waals surface area contributed by atoms with Gasteiger partial charge in [0.1, 0.15) is 23.4 Å². The van der Waals surface area contributed by atoms with E-state index in [1.54, 1.807) is 32.9 Å². The number of aliphatic hydroxyl groups is 1. The summed E-state index contributed by atoms with van der Waals surface area (Å²) in [6.07, 6.45) is 1.41. The average Bonchev–Trinajstić information content (AvgIpc) is 2.78. The predicted octanol–water partition coefficient (Wildman–Crippen LogP) is 3.96. The standard InChI is InChI=1S/C28H37N3O6/c1-17-8-6-9-18(2)23(17)30-25(34)24(19-12-14-21(33)15-13-19)31(20-10-7-11-20)26(35)22(16-32)29-27(36)37-28(3,4)5/h6,8-9,12-15,20,22,24,32-33H,7,10-11,16H2,1-5H3,(H,29,36)(H,30,34). The Balaban J connectivity index is 2.00. The number of nitrogens with zero attached hydrogens (tertiary/aromatic N) is 1. The first kappa shape index (κ1) is 28.0. The van der Waals surface area contributed by atoms with Gasteiger partial charge in [0.2, 0.25) is 5.91 Å². The molecule has 1 fully saturated rings. The van der Waals surface area contributed by atoms with E-state index in [0.29, 0.717) is 24.1 Å². The second-order valence-electron chi connectivity index (χ2n) is 10.5. The number of nitrogens with one attached hydrogen (secondary N) is 2. The minimum atomic E-state index is -1.30. The number of carbonyl (C=O) groups excluding carboxylic acids is 3. The molecule has 0 aliphatic heterocycles. The van der Waals surface area contributed by atoms with Gasteiger partial charge in [-0.3, -0.25) is 9.59 Å². The fourth-order valence-corrected chi connectivity index (χ4v) is 4.30. The normalized spacial score (nSPS) is 15.2. The lowest BCUT2D eigenvalue weighted by Gasteiger charge is -2.43. The molecular formula is C28H37N3O6. The smallest absolute Gasteiger partial charge is 0.408 e. The molecule has 2 aromatic carbocycles. The molecule has 2 unspecified atom stereocenters. The zero-order valence-corrected chi connectivity index (χ0v) is 22.1. The Morgan fingerprint density at radius 1 is 1.05 bits per heavy atom. The number of anilines is 1. The molecule has 37 heavy (non-hydrogen) atoms. The molecule has 0 spiro atoms. The second kappa shape index (κ2) is 11.6. The topological polar surface area (TPSA) is 128 Å². The molecule has 0 saturated heterocycles. The van der Waals surface area contributed by atoms with Crippen LogP contribution < -0.4 is 10.6 Å². The van der Waals surface area contributed by atoms with Crippen molar-refractivity contribution in [3.8, 4) is 5.75 Å². The maximum Gasteiger partial charge on any atom is 0.408 e. The average molecular weight is 512 g/mol. The maximum atomic E-state index is 13.9. The van der Waals surface area contributed by atoms with Crippen molar-refractivity contribution in [3.63, 3.8) is 0 Å². The minimum Gasteiger partial charge on any atom is -0.508 e. The van der Waals surface area contributed by atoms with Crippen molar-refractivity contribution in [3.05, 3.63) is 59.2 Å². The van der Waals surface area contributed by atoms with E-state index in [4.69, 9.17) is 4.74 Å². The molecule has 3 rings (SSSR count). The maximum absolute atomic E-state index is 13.9. The van der Waals surface area contributed by atoms with Crippen LogP contribution in [-0.4, -0.2) is 57.3 Å². The molecular weight excluding hydrogens is 474 g/mol. The third-order valence-corrected chi connectivity index (χ3v) is 6.36. The number of hydrogen-bond donors (Lipinski definition) is 4. The molecule has 9 heteroatoms. The number of amides is 3. The number of benzene rings is 2. The summed E-state index contributed by atoms with van der Waals surface area (Å²) >= 11 is 0. The van der Waals surface area contributed by atoms with Crippen molar-refractivity contribution in [2.45, 2.75) is 77.6 Å². The highest BCUT2D eigenvalue weighted by Gasteiger charge is 2.42. The van der Waals surface area contributed by atoms with Gasteiger partial charge in [-0.25, -0.2) is 4.79 Å². The first-order chi connectivity index (χ1) is 17.4. The van der Waals surface area contributed by atoms with E-state index in [1.165, 1.54) is 17.0 Å². The summed E-state index contributed by atoms with van der Waals surface area (Å²) in [6.45, 7) is 8.20. The summed E-state index contributed by atoms with van der Waals surface area (Å²) in [5.74, 6) is -0.996. The van der Waals surface area contributed by atoms with Crippen LogP contribution in [0.3, 0.4) is 0 Å². The van der Waals surface area contributed by atoms with Crippen LogP contribution in [0.5, 0.6) is 5.75 Å². The Hall–Kier alpha value is -3.59. The van der Waals surface area contributed by atoms with Crippen LogP contribution in [0.4, 0.5) is 10.5 Å². The van der Waals surface area contributed by atoms with Crippen LogP contribution in [0.2, 0.25) is 0 Å². The lowest BCUT2D eigenvalue weighted by molar-refractivity contribution is -0.146. The first-order valence-corrected chi connectivity index (χ1v) is 12.5. The Morgan fingerprint density at radius 3 is 2.14 bits per heavy atom. The number of aliphatic hydroxyl groups excluding tert-OH is 1. The molecule has 0 heterocycles. The van der Waals surface area contributed by atoms with E-state index in [1.807, 2.05) is 32.0 Å². The van der Waals surface area contributed by atoms with Gasteiger partial charge in [-0.1, -0.05) is 30.3 Å². The fourth-order valence-electron chi connectivity index (χ4n) is 4.30. The molecule has 1 saturated carbocycles. The van der Waals surface area contributed by atoms with Gasteiger partial charge in [0, 0.05) is 11.7 Å². The van der Waals surface area contributed by atoms with Gasteiger partial charge < -0.3 is 30.5 Å². The molecule has 0 aromatic heterocycles. The molecule has 1 aliphatic rings. The number of hydrogen-bond acceptors (Lipinski definition) is 6. The summed E-state index contributed by atoms with van der Waals surface area (Å²) in [6, 6.07) is 9.16. The van der Waals surface area contributed by atoms with Gasteiger partial charge >= 0.3 is 6.09 Å². The number of ether oxygens (including phenoxy) is 1. The fraction of sp³-hybridized carbons (Fsp3) is 0.464. The number of para-hydroxylation sites is 1. The summed E-state index contributed by atoms with van der Waals surface area (Å²) in [5.41, 5.74) is 2.11. The van der Waals surface area contributed by atoms with Gasteiger partial charge in [-0.2, -0.15) is 0 Å². The molecule has 200 valence electrons. The van der Waals surface area contributed by atoms with E-state index >= 15 is 0 Å². The van der Waals surface area contributed by atoms with Crippen LogP contribution >= 0.6 is 0 Å². The molecule has 9 nitrogen and oxygen atoms in total. The number of phenolic OH excluding ortho intramolecular Hbond substituents is 1. The van der Waals surface area contributed by atoms with Crippen LogP contribution in [0.1, 0.15) is 62.8 Å². The summed E-state index contributed by atoms with van der Waals surface area (Å²) < 4.78 is 5.27. The van der Waals surface area contributed by atoms with Gasteiger partial charge in [-0.15, -0.1) is 0 Å². The third kappa shape index (κ3) is 7.01. The third-order valence-electron chi connectivity index (χ3n) is 6.36. The van der Waals surface area contributed by atoms with Gasteiger partial charge in [0.25, 0.3) is 5.91 Å². The van der Waals surface area contributed by atoms with Crippen molar-refractivity contribution in [1.82, 2.24) is 10.2 Å². The highest BCUT2D eigenvalue weighted by molar-refractivity contribution is 6.00. The van der Waals surface area contributed by atoms with Gasteiger partial charge in [0.15, 0.2) is 0 Å². The highest BCUT2D eigenvalue weighted by Crippen LogP contribution is 2.35. The Morgan fingerprint density at radius 2 is 1.65 bits per heavy atom. The van der Waals surface area contributed by atoms with Crippen LogP contribution in [-0.2, 0) is 14.3 Å². The van der Waals surface area contributed by atoms with Crippen molar-refractivity contribution >= 4 is 23.6 Å². The number of rotatable bonds is 8. The molecule has 2 atom stereocenters. The number of carbonyl (C=O) groups is 3. The van der Waals surface area contributed by atoms with Crippen molar-refractivity contribution < 1.29 is 29.3 Å². The van der Waals surface area contributed by atoms with Crippen LogP contribution in [0.15, 0.2) is 42.5 Å². The first-order valence-electron chi connectivity index (χ1n) is 12.5. The summed E-state index contributed by atoms with van der Waals surface area (Å²) in [4.78, 5) is 41.6.